The molecule has 2 aromatic rings. The first-order chi connectivity index (χ1) is 9.60. The van der Waals surface area contributed by atoms with Crippen molar-refractivity contribution >= 4 is 36.0 Å². The molecular formula is C14H16ClN3OS. The quantitative estimate of drug-likeness (QED) is 0.834. The highest BCUT2D eigenvalue weighted by atomic mass is 35.5. The molecule has 2 rings (SSSR count). The lowest BCUT2D eigenvalue weighted by molar-refractivity contribution is -0.115. The van der Waals surface area contributed by atoms with Gasteiger partial charge in [0.1, 0.15) is 0 Å². The minimum absolute atomic E-state index is 0.0811. The van der Waals surface area contributed by atoms with Crippen LogP contribution in [0.5, 0.6) is 0 Å². The van der Waals surface area contributed by atoms with E-state index < -0.39 is 0 Å². The van der Waals surface area contributed by atoms with Gasteiger partial charge < -0.3 is 5.32 Å². The van der Waals surface area contributed by atoms with Crippen LogP contribution < -0.4 is 5.32 Å². The van der Waals surface area contributed by atoms with Gasteiger partial charge in [-0.05, 0) is 24.3 Å². The number of aromatic nitrogens is 2. The first kappa shape index (κ1) is 14.9. The van der Waals surface area contributed by atoms with Crippen molar-refractivity contribution in [3.63, 3.8) is 0 Å². The second kappa shape index (κ2) is 6.81. The van der Waals surface area contributed by atoms with Crippen molar-refractivity contribution in [2.75, 3.05) is 11.1 Å². The average Bonchev–Trinajstić information content (AvgIpc) is 2.72. The number of carbonyl (C=O) groups is 1. The van der Waals surface area contributed by atoms with Crippen molar-refractivity contribution in [2.24, 2.45) is 0 Å². The summed E-state index contributed by atoms with van der Waals surface area (Å²) in [6.45, 7) is 2.52. The van der Waals surface area contributed by atoms with Gasteiger partial charge in [-0.15, -0.1) is 0 Å². The number of hydrogen-bond donors (Lipinski definition) is 2. The lowest BCUT2D eigenvalue weighted by Crippen LogP contribution is -2.12. The zero-order valence-corrected chi connectivity index (χ0v) is 12.8. The van der Waals surface area contributed by atoms with E-state index in [1.165, 1.54) is 0 Å². The number of nitrogens with one attached hydrogen (secondary N) is 1. The Morgan fingerprint density at radius 2 is 2.20 bits per heavy atom. The van der Waals surface area contributed by atoms with Gasteiger partial charge in [-0.1, -0.05) is 29.8 Å². The third-order valence-electron chi connectivity index (χ3n) is 2.87. The summed E-state index contributed by atoms with van der Waals surface area (Å²) in [6.07, 6.45) is 0.375. The number of benzene rings is 1. The van der Waals surface area contributed by atoms with Crippen LogP contribution in [0.3, 0.4) is 0 Å². The summed E-state index contributed by atoms with van der Waals surface area (Å²) >= 11 is 10.2. The number of rotatable bonds is 5. The number of anilines is 1. The molecule has 1 amide bonds. The molecule has 0 spiro atoms. The van der Waals surface area contributed by atoms with Gasteiger partial charge in [-0.2, -0.15) is 17.7 Å². The number of amides is 1. The summed E-state index contributed by atoms with van der Waals surface area (Å²) in [5.41, 5.74) is 1.96. The predicted octanol–water partition coefficient (Wildman–Crippen LogP) is 3.15. The van der Waals surface area contributed by atoms with E-state index >= 15 is 0 Å². The molecule has 0 saturated heterocycles. The van der Waals surface area contributed by atoms with E-state index in [4.69, 9.17) is 11.6 Å². The minimum Gasteiger partial charge on any atom is -0.309 e. The molecule has 0 saturated carbocycles. The van der Waals surface area contributed by atoms with Crippen LogP contribution in [-0.4, -0.2) is 21.4 Å². The number of aryl methyl sites for hydroxylation is 1. The SMILES string of the molecule is Cc1cc(NC(=O)CCS)nn1Cc1ccccc1Cl. The van der Waals surface area contributed by atoms with Crippen LogP contribution >= 0.6 is 24.2 Å². The second-order valence-corrected chi connectivity index (χ2v) is 5.30. The average molecular weight is 310 g/mol. The molecule has 1 aromatic carbocycles. The maximum atomic E-state index is 11.5. The molecule has 4 nitrogen and oxygen atoms in total. The standard InChI is InChI=1S/C14H16ClN3OS/c1-10-8-13(16-14(19)6-7-20)17-18(10)9-11-4-2-3-5-12(11)15/h2-5,8,20H,6-7,9H2,1H3,(H,16,17,19). The van der Waals surface area contributed by atoms with Gasteiger partial charge in [-0.25, -0.2) is 0 Å². The molecule has 20 heavy (non-hydrogen) atoms. The summed E-state index contributed by atoms with van der Waals surface area (Å²) in [5.74, 6) is 0.995. The molecule has 1 aromatic heterocycles. The Balaban J connectivity index is 2.12. The van der Waals surface area contributed by atoms with E-state index in [1.54, 1.807) is 0 Å². The number of nitrogens with zero attached hydrogens (tertiary/aromatic N) is 2. The van der Waals surface area contributed by atoms with Crippen molar-refractivity contribution < 1.29 is 4.79 Å². The van der Waals surface area contributed by atoms with Crippen molar-refractivity contribution in [1.82, 2.24) is 9.78 Å². The van der Waals surface area contributed by atoms with E-state index in [-0.39, 0.29) is 5.91 Å². The smallest absolute Gasteiger partial charge is 0.226 e. The van der Waals surface area contributed by atoms with E-state index in [1.807, 2.05) is 41.9 Å². The third-order valence-corrected chi connectivity index (χ3v) is 3.46. The van der Waals surface area contributed by atoms with Gasteiger partial charge in [0.05, 0.1) is 6.54 Å². The molecule has 0 fully saturated rings. The molecule has 106 valence electrons. The lowest BCUT2D eigenvalue weighted by atomic mass is 10.2. The molecule has 0 radical (unpaired) electrons. The van der Waals surface area contributed by atoms with Crippen LogP contribution in [0.15, 0.2) is 30.3 Å². The second-order valence-electron chi connectivity index (χ2n) is 4.44. The summed E-state index contributed by atoms with van der Waals surface area (Å²) in [7, 11) is 0. The molecule has 0 bridgehead atoms. The Morgan fingerprint density at radius 1 is 1.45 bits per heavy atom. The van der Waals surface area contributed by atoms with Crippen LogP contribution in [0.25, 0.3) is 0 Å². The van der Waals surface area contributed by atoms with E-state index in [2.05, 4.69) is 23.0 Å². The molecule has 6 heteroatoms. The summed E-state index contributed by atoms with van der Waals surface area (Å²) in [5, 5.41) is 7.83. The fraction of sp³-hybridized carbons (Fsp3) is 0.286. The fourth-order valence-corrected chi connectivity index (χ4v) is 2.22. The molecule has 0 aliphatic carbocycles. The van der Waals surface area contributed by atoms with Crippen LogP contribution in [0, 0.1) is 6.92 Å². The van der Waals surface area contributed by atoms with E-state index in [0.717, 1.165) is 11.3 Å². The number of carbonyl (C=O) groups excluding carboxylic acids is 1. The highest BCUT2D eigenvalue weighted by Gasteiger charge is 2.09. The molecule has 0 aliphatic heterocycles. The molecule has 1 heterocycles. The Kier molecular flexibility index (Phi) is 5.09. The zero-order valence-electron chi connectivity index (χ0n) is 11.1. The van der Waals surface area contributed by atoms with E-state index in [0.29, 0.717) is 29.6 Å². The predicted molar refractivity (Wildman–Crippen MR) is 84.6 cm³/mol. The van der Waals surface area contributed by atoms with Crippen LogP contribution in [0.1, 0.15) is 17.7 Å². The minimum atomic E-state index is -0.0811. The molecule has 0 aliphatic rings. The zero-order chi connectivity index (χ0) is 14.5. The van der Waals surface area contributed by atoms with E-state index in [9.17, 15) is 4.79 Å². The topological polar surface area (TPSA) is 46.9 Å². The molecule has 1 N–H and O–H groups in total. The summed E-state index contributed by atoms with van der Waals surface area (Å²) in [6, 6.07) is 9.49. The van der Waals surface area contributed by atoms with Gasteiger partial charge in [0, 0.05) is 23.2 Å². The van der Waals surface area contributed by atoms with Crippen molar-refractivity contribution in [1.29, 1.82) is 0 Å². The Bertz CT molecular complexity index is 612. The maximum Gasteiger partial charge on any atom is 0.226 e. The van der Waals surface area contributed by atoms with Gasteiger partial charge in [0.15, 0.2) is 5.82 Å². The monoisotopic (exact) mass is 309 g/mol. The van der Waals surface area contributed by atoms with Crippen LogP contribution in [0.2, 0.25) is 5.02 Å². The van der Waals surface area contributed by atoms with Crippen molar-refractivity contribution in [3.8, 4) is 0 Å². The summed E-state index contributed by atoms with van der Waals surface area (Å²) < 4.78 is 1.82. The molecule has 0 atom stereocenters. The first-order valence-corrected chi connectivity index (χ1v) is 7.30. The molecule has 0 unspecified atom stereocenters. The number of halogens is 1. The summed E-state index contributed by atoms with van der Waals surface area (Å²) in [4.78, 5) is 11.5. The maximum absolute atomic E-state index is 11.5. The van der Waals surface area contributed by atoms with Crippen LogP contribution in [-0.2, 0) is 11.3 Å². The highest BCUT2D eigenvalue weighted by Crippen LogP contribution is 2.18. The number of hydrogen-bond acceptors (Lipinski definition) is 3. The van der Waals surface area contributed by atoms with Gasteiger partial charge in [0.25, 0.3) is 0 Å². The van der Waals surface area contributed by atoms with Gasteiger partial charge >= 0.3 is 0 Å². The Morgan fingerprint density at radius 3 is 2.90 bits per heavy atom. The highest BCUT2D eigenvalue weighted by molar-refractivity contribution is 7.80. The first-order valence-electron chi connectivity index (χ1n) is 6.28. The van der Waals surface area contributed by atoms with Crippen molar-refractivity contribution in [3.05, 3.63) is 46.6 Å². The lowest BCUT2D eigenvalue weighted by Gasteiger charge is -2.06. The Hall–Kier alpha value is -1.46. The van der Waals surface area contributed by atoms with Crippen molar-refractivity contribution in [2.45, 2.75) is 19.9 Å². The fourth-order valence-electron chi connectivity index (χ4n) is 1.83. The normalized spacial score (nSPS) is 10.6. The van der Waals surface area contributed by atoms with Gasteiger partial charge in [-0.3, -0.25) is 9.48 Å². The Labute approximate surface area is 128 Å². The van der Waals surface area contributed by atoms with Gasteiger partial charge in [0.2, 0.25) is 5.91 Å². The molecular weight excluding hydrogens is 294 g/mol. The van der Waals surface area contributed by atoms with Crippen LogP contribution in [0.4, 0.5) is 5.82 Å². The number of thiol groups is 1. The third kappa shape index (κ3) is 3.77. The largest absolute Gasteiger partial charge is 0.309 e.